The van der Waals surface area contributed by atoms with E-state index in [4.69, 9.17) is 0 Å². The molecule has 0 bridgehead atoms. The largest absolute Gasteiger partial charge is 0.507 e. The van der Waals surface area contributed by atoms with Crippen molar-refractivity contribution >= 4 is 0 Å². The fourth-order valence-corrected chi connectivity index (χ4v) is 4.38. The highest BCUT2D eigenvalue weighted by Gasteiger charge is 2.26. The van der Waals surface area contributed by atoms with E-state index in [1.807, 2.05) is 0 Å². The van der Waals surface area contributed by atoms with Crippen LogP contribution in [0.3, 0.4) is 0 Å². The molecule has 0 saturated heterocycles. The van der Waals surface area contributed by atoms with E-state index in [9.17, 15) is 5.11 Å². The van der Waals surface area contributed by atoms with Gasteiger partial charge in [0.2, 0.25) is 0 Å². The first kappa shape index (κ1) is 24.1. The average Bonchev–Trinajstić information content (AvgIpc) is 2.68. The number of hydrogen-bond acceptors (Lipinski definition) is 1. The van der Waals surface area contributed by atoms with Crippen molar-refractivity contribution in [2.75, 3.05) is 0 Å². The standard InChI is InChI=1S/C31H40O/c1-20-16-22(3)25(17-21(20)2)15-12-23-10-13-24(14-11-23)26-18-27(30(4,5)6)29(32)28(19-26)31(7,8)9/h10-11,13-14,16-19,32H,12,15H2,1-9H3. The molecule has 0 heterocycles. The van der Waals surface area contributed by atoms with Crippen LogP contribution in [0.2, 0.25) is 0 Å². The fraction of sp³-hybridized carbons (Fsp3) is 0.419. The van der Waals surface area contributed by atoms with Crippen LogP contribution in [0.15, 0.2) is 48.5 Å². The Labute approximate surface area is 195 Å². The summed E-state index contributed by atoms with van der Waals surface area (Å²) in [6, 6.07) is 18.0. The van der Waals surface area contributed by atoms with Crippen molar-refractivity contribution in [1.82, 2.24) is 0 Å². The highest BCUT2D eigenvalue weighted by atomic mass is 16.3. The van der Waals surface area contributed by atoms with Crippen LogP contribution < -0.4 is 0 Å². The summed E-state index contributed by atoms with van der Waals surface area (Å²) >= 11 is 0. The van der Waals surface area contributed by atoms with Crippen LogP contribution in [0.25, 0.3) is 11.1 Å². The predicted octanol–water partition coefficient (Wildman–Crippen LogP) is 8.36. The molecule has 0 aliphatic heterocycles. The predicted molar refractivity (Wildman–Crippen MR) is 139 cm³/mol. The molecule has 0 fully saturated rings. The fourth-order valence-electron chi connectivity index (χ4n) is 4.38. The van der Waals surface area contributed by atoms with Gasteiger partial charge in [0.1, 0.15) is 5.75 Å². The second-order valence-corrected chi connectivity index (χ2v) is 11.5. The summed E-state index contributed by atoms with van der Waals surface area (Å²) in [6.45, 7) is 19.6. The Morgan fingerprint density at radius 2 is 1.09 bits per heavy atom. The maximum Gasteiger partial charge on any atom is 0.123 e. The topological polar surface area (TPSA) is 20.2 Å². The van der Waals surface area contributed by atoms with Crippen molar-refractivity contribution in [3.05, 3.63) is 87.5 Å². The zero-order valence-electron chi connectivity index (χ0n) is 21.5. The molecule has 0 spiro atoms. The number of phenolic OH excluding ortho intramolecular Hbond substituents is 1. The first-order chi connectivity index (χ1) is 14.8. The zero-order valence-corrected chi connectivity index (χ0v) is 21.5. The monoisotopic (exact) mass is 428 g/mol. The number of hydrogen-bond donors (Lipinski definition) is 1. The van der Waals surface area contributed by atoms with Crippen molar-refractivity contribution in [3.63, 3.8) is 0 Å². The van der Waals surface area contributed by atoms with Crippen molar-refractivity contribution in [2.24, 2.45) is 0 Å². The van der Waals surface area contributed by atoms with E-state index >= 15 is 0 Å². The summed E-state index contributed by atoms with van der Waals surface area (Å²) in [7, 11) is 0. The second-order valence-electron chi connectivity index (χ2n) is 11.5. The first-order valence-corrected chi connectivity index (χ1v) is 11.8. The number of aryl methyl sites for hydroxylation is 5. The van der Waals surface area contributed by atoms with Crippen LogP contribution >= 0.6 is 0 Å². The Balaban J connectivity index is 1.89. The van der Waals surface area contributed by atoms with Gasteiger partial charge in [0, 0.05) is 11.1 Å². The SMILES string of the molecule is Cc1cc(C)c(CCc2ccc(-c3cc(C(C)(C)C)c(O)c(C(C)(C)C)c3)cc2)cc1C. The lowest BCUT2D eigenvalue weighted by Crippen LogP contribution is -2.17. The van der Waals surface area contributed by atoms with Gasteiger partial charge < -0.3 is 5.11 Å². The minimum absolute atomic E-state index is 0.121. The average molecular weight is 429 g/mol. The van der Waals surface area contributed by atoms with Crippen molar-refractivity contribution < 1.29 is 5.11 Å². The van der Waals surface area contributed by atoms with E-state index in [1.54, 1.807) is 0 Å². The molecule has 1 N–H and O–H groups in total. The molecule has 3 aromatic rings. The van der Waals surface area contributed by atoms with Crippen LogP contribution in [0, 0.1) is 20.8 Å². The molecule has 0 amide bonds. The Kier molecular flexibility index (Phi) is 6.61. The minimum Gasteiger partial charge on any atom is -0.507 e. The first-order valence-electron chi connectivity index (χ1n) is 11.8. The Hall–Kier alpha value is -2.54. The Bertz CT molecular complexity index is 1070. The van der Waals surface area contributed by atoms with E-state index in [0.29, 0.717) is 5.75 Å². The summed E-state index contributed by atoms with van der Waals surface area (Å²) in [4.78, 5) is 0. The van der Waals surface area contributed by atoms with E-state index < -0.39 is 0 Å². The quantitative estimate of drug-likeness (QED) is 0.442. The molecule has 32 heavy (non-hydrogen) atoms. The van der Waals surface area contributed by atoms with Crippen LogP contribution in [0.5, 0.6) is 5.75 Å². The molecule has 0 saturated carbocycles. The lowest BCUT2D eigenvalue weighted by Gasteiger charge is -2.28. The van der Waals surface area contributed by atoms with Gasteiger partial charge in [0.25, 0.3) is 0 Å². The van der Waals surface area contributed by atoms with Gasteiger partial charge in [-0.1, -0.05) is 77.9 Å². The minimum atomic E-state index is -0.121. The summed E-state index contributed by atoms with van der Waals surface area (Å²) in [5, 5.41) is 11.0. The third kappa shape index (κ3) is 5.26. The second kappa shape index (κ2) is 8.77. The Morgan fingerprint density at radius 1 is 0.594 bits per heavy atom. The molecule has 0 unspecified atom stereocenters. The van der Waals surface area contributed by atoms with Gasteiger partial charge in [-0.05, 0) is 95.5 Å². The van der Waals surface area contributed by atoms with Gasteiger partial charge >= 0.3 is 0 Å². The van der Waals surface area contributed by atoms with E-state index in [0.717, 1.165) is 24.0 Å². The molecule has 0 aromatic heterocycles. The highest BCUT2D eigenvalue weighted by molar-refractivity contribution is 5.69. The summed E-state index contributed by atoms with van der Waals surface area (Å²) in [5.74, 6) is 0.439. The smallest absolute Gasteiger partial charge is 0.123 e. The summed E-state index contributed by atoms with van der Waals surface area (Å²) in [5.41, 5.74) is 11.1. The number of benzene rings is 3. The molecule has 0 aliphatic rings. The number of phenols is 1. The molecule has 3 aromatic carbocycles. The maximum atomic E-state index is 11.0. The molecule has 170 valence electrons. The molecule has 3 rings (SSSR count). The van der Waals surface area contributed by atoms with Crippen molar-refractivity contribution in [2.45, 2.75) is 86.0 Å². The highest BCUT2D eigenvalue weighted by Crippen LogP contribution is 2.42. The lowest BCUT2D eigenvalue weighted by atomic mass is 9.77. The molecule has 1 nitrogen and oxygen atoms in total. The van der Waals surface area contributed by atoms with Crippen LogP contribution in [0.4, 0.5) is 0 Å². The molecule has 0 radical (unpaired) electrons. The number of aromatic hydroxyl groups is 1. The lowest BCUT2D eigenvalue weighted by molar-refractivity contribution is 0.423. The van der Waals surface area contributed by atoms with Gasteiger partial charge in [-0.2, -0.15) is 0 Å². The van der Waals surface area contributed by atoms with E-state index in [2.05, 4.69) is 111 Å². The maximum absolute atomic E-state index is 11.0. The number of rotatable bonds is 4. The van der Waals surface area contributed by atoms with Gasteiger partial charge in [-0.25, -0.2) is 0 Å². The molecule has 0 atom stereocenters. The van der Waals surface area contributed by atoms with Crippen LogP contribution in [-0.4, -0.2) is 5.11 Å². The van der Waals surface area contributed by atoms with Crippen molar-refractivity contribution in [1.29, 1.82) is 0 Å². The van der Waals surface area contributed by atoms with Crippen molar-refractivity contribution in [3.8, 4) is 16.9 Å². The summed E-state index contributed by atoms with van der Waals surface area (Å²) < 4.78 is 0. The van der Waals surface area contributed by atoms with Crippen LogP contribution in [-0.2, 0) is 23.7 Å². The van der Waals surface area contributed by atoms with Crippen LogP contribution in [0.1, 0.15) is 80.5 Å². The van der Waals surface area contributed by atoms with Gasteiger partial charge in [-0.15, -0.1) is 0 Å². The van der Waals surface area contributed by atoms with E-state index in [-0.39, 0.29) is 10.8 Å². The van der Waals surface area contributed by atoms with Gasteiger partial charge in [-0.3, -0.25) is 0 Å². The Morgan fingerprint density at radius 3 is 1.59 bits per heavy atom. The van der Waals surface area contributed by atoms with Gasteiger partial charge in [0.15, 0.2) is 0 Å². The van der Waals surface area contributed by atoms with Gasteiger partial charge in [0.05, 0.1) is 0 Å². The normalized spacial score (nSPS) is 12.3. The third-order valence-electron chi connectivity index (χ3n) is 6.65. The third-order valence-corrected chi connectivity index (χ3v) is 6.65. The zero-order chi connectivity index (χ0) is 23.8. The molecular formula is C31H40O. The molecular weight excluding hydrogens is 388 g/mol. The molecule has 0 aliphatic carbocycles. The molecule has 1 heteroatoms. The van der Waals surface area contributed by atoms with E-state index in [1.165, 1.54) is 38.9 Å². The summed E-state index contributed by atoms with van der Waals surface area (Å²) in [6.07, 6.45) is 2.10.